The average Bonchev–Trinajstić information content (AvgIpc) is 2.33. The third-order valence-electron chi connectivity index (χ3n) is 3.96. The molecule has 1 N–H and O–H groups in total. The Morgan fingerprint density at radius 1 is 1.42 bits per heavy atom. The Morgan fingerprint density at radius 3 is 2.95 bits per heavy atom. The van der Waals surface area contributed by atoms with Crippen molar-refractivity contribution in [1.29, 1.82) is 0 Å². The molecule has 3 nitrogen and oxygen atoms in total. The molecule has 1 unspecified atom stereocenters. The SMILES string of the molecule is Cc1ccc(C)c(CN2CCCC(CC(=O)O)C2)c1. The first-order chi connectivity index (χ1) is 9.04. The molecule has 1 saturated heterocycles. The van der Waals surface area contributed by atoms with Gasteiger partial charge in [0.15, 0.2) is 0 Å². The number of carbonyl (C=O) groups is 1. The van der Waals surface area contributed by atoms with E-state index in [0.29, 0.717) is 12.3 Å². The quantitative estimate of drug-likeness (QED) is 0.905. The largest absolute Gasteiger partial charge is 0.481 e. The minimum atomic E-state index is -0.668. The fraction of sp³-hybridized carbons (Fsp3) is 0.562. The minimum Gasteiger partial charge on any atom is -0.481 e. The van der Waals surface area contributed by atoms with E-state index in [2.05, 4.69) is 36.9 Å². The van der Waals surface area contributed by atoms with Crippen LogP contribution >= 0.6 is 0 Å². The lowest BCUT2D eigenvalue weighted by Gasteiger charge is -2.32. The summed E-state index contributed by atoms with van der Waals surface area (Å²) in [5.74, 6) is -0.352. The Hall–Kier alpha value is -1.35. The lowest BCUT2D eigenvalue weighted by Crippen LogP contribution is -2.35. The van der Waals surface area contributed by atoms with Gasteiger partial charge in [0.2, 0.25) is 0 Å². The number of aliphatic carboxylic acids is 1. The highest BCUT2D eigenvalue weighted by Gasteiger charge is 2.22. The highest BCUT2D eigenvalue weighted by molar-refractivity contribution is 5.67. The van der Waals surface area contributed by atoms with Gasteiger partial charge >= 0.3 is 5.97 Å². The number of carboxylic acid groups (broad SMARTS) is 1. The summed E-state index contributed by atoms with van der Waals surface area (Å²) in [5.41, 5.74) is 3.99. The van der Waals surface area contributed by atoms with Crippen LogP contribution in [0, 0.1) is 19.8 Å². The first-order valence-corrected chi connectivity index (χ1v) is 7.05. The second-order valence-corrected chi connectivity index (χ2v) is 5.77. The van der Waals surface area contributed by atoms with E-state index in [0.717, 1.165) is 32.5 Å². The van der Waals surface area contributed by atoms with Gasteiger partial charge in [0.1, 0.15) is 0 Å². The molecule has 104 valence electrons. The van der Waals surface area contributed by atoms with Crippen LogP contribution in [0.25, 0.3) is 0 Å². The fourth-order valence-corrected chi connectivity index (χ4v) is 2.92. The van der Waals surface area contributed by atoms with Crippen molar-refractivity contribution in [1.82, 2.24) is 4.90 Å². The summed E-state index contributed by atoms with van der Waals surface area (Å²) >= 11 is 0. The number of hydrogen-bond acceptors (Lipinski definition) is 2. The van der Waals surface area contributed by atoms with Gasteiger partial charge < -0.3 is 5.11 Å². The van der Waals surface area contributed by atoms with Crippen LogP contribution in [0.2, 0.25) is 0 Å². The van der Waals surface area contributed by atoms with Crippen molar-refractivity contribution in [3.63, 3.8) is 0 Å². The van der Waals surface area contributed by atoms with Crippen LogP contribution < -0.4 is 0 Å². The van der Waals surface area contributed by atoms with Crippen molar-refractivity contribution in [3.05, 3.63) is 34.9 Å². The molecule has 19 heavy (non-hydrogen) atoms. The molecule has 1 aromatic carbocycles. The van der Waals surface area contributed by atoms with Crippen LogP contribution in [0.3, 0.4) is 0 Å². The van der Waals surface area contributed by atoms with Crippen molar-refractivity contribution in [2.24, 2.45) is 5.92 Å². The molecule has 3 heteroatoms. The zero-order valence-corrected chi connectivity index (χ0v) is 11.9. The highest BCUT2D eigenvalue weighted by atomic mass is 16.4. The predicted molar refractivity (Wildman–Crippen MR) is 76.2 cm³/mol. The van der Waals surface area contributed by atoms with Crippen LogP contribution in [-0.2, 0) is 11.3 Å². The molecular formula is C16H23NO2. The first kappa shape index (κ1) is 14.1. The maximum atomic E-state index is 10.8. The summed E-state index contributed by atoms with van der Waals surface area (Å²) < 4.78 is 0. The molecule has 1 aliphatic heterocycles. The molecule has 0 aliphatic carbocycles. The van der Waals surface area contributed by atoms with Gasteiger partial charge in [0.05, 0.1) is 0 Å². The molecule has 0 bridgehead atoms. The minimum absolute atomic E-state index is 0.309. The summed E-state index contributed by atoms with van der Waals surface area (Å²) in [4.78, 5) is 13.2. The Bertz CT molecular complexity index is 456. The number of rotatable bonds is 4. The third-order valence-corrected chi connectivity index (χ3v) is 3.96. The lowest BCUT2D eigenvalue weighted by atomic mass is 9.94. The van der Waals surface area contributed by atoms with Crippen molar-refractivity contribution >= 4 is 5.97 Å². The number of piperidine rings is 1. The number of likely N-dealkylation sites (tertiary alicyclic amines) is 1. The fourth-order valence-electron chi connectivity index (χ4n) is 2.92. The maximum absolute atomic E-state index is 10.8. The molecule has 1 heterocycles. The summed E-state index contributed by atoms with van der Waals surface area (Å²) in [5, 5.41) is 8.90. The van der Waals surface area contributed by atoms with Crippen molar-refractivity contribution < 1.29 is 9.90 Å². The standard InChI is InChI=1S/C16H23NO2/c1-12-5-6-13(2)15(8-12)11-17-7-3-4-14(10-17)9-16(18)19/h5-6,8,14H,3-4,7,9-11H2,1-2H3,(H,18,19). The number of hydrogen-bond donors (Lipinski definition) is 1. The highest BCUT2D eigenvalue weighted by Crippen LogP contribution is 2.22. The van der Waals surface area contributed by atoms with E-state index >= 15 is 0 Å². The van der Waals surface area contributed by atoms with Crippen LogP contribution in [-0.4, -0.2) is 29.1 Å². The predicted octanol–water partition coefficient (Wildman–Crippen LogP) is 2.99. The van der Waals surface area contributed by atoms with Crippen LogP contribution in [0.1, 0.15) is 36.0 Å². The Kier molecular flexibility index (Phi) is 4.59. The van der Waals surface area contributed by atoms with E-state index in [-0.39, 0.29) is 0 Å². The van der Waals surface area contributed by atoms with E-state index < -0.39 is 5.97 Å². The van der Waals surface area contributed by atoms with E-state index in [9.17, 15) is 4.79 Å². The van der Waals surface area contributed by atoms with E-state index in [1.807, 2.05) is 0 Å². The van der Waals surface area contributed by atoms with Gasteiger partial charge in [0.25, 0.3) is 0 Å². The zero-order valence-electron chi connectivity index (χ0n) is 11.9. The second-order valence-electron chi connectivity index (χ2n) is 5.77. The van der Waals surface area contributed by atoms with Gasteiger partial charge in [-0.15, -0.1) is 0 Å². The van der Waals surface area contributed by atoms with Gasteiger partial charge in [-0.2, -0.15) is 0 Å². The van der Waals surface area contributed by atoms with Gasteiger partial charge in [0, 0.05) is 19.5 Å². The van der Waals surface area contributed by atoms with E-state index in [4.69, 9.17) is 5.11 Å². The van der Waals surface area contributed by atoms with Crippen LogP contribution in [0.5, 0.6) is 0 Å². The smallest absolute Gasteiger partial charge is 0.303 e. The molecule has 0 amide bonds. The summed E-state index contributed by atoms with van der Waals surface area (Å²) in [6, 6.07) is 6.56. The van der Waals surface area contributed by atoms with Gasteiger partial charge in [-0.3, -0.25) is 9.69 Å². The average molecular weight is 261 g/mol. The topological polar surface area (TPSA) is 40.5 Å². The molecule has 2 rings (SSSR count). The van der Waals surface area contributed by atoms with Crippen molar-refractivity contribution in [2.75, 3.05) is 13.1 Å². The van der Waals surface area contributed by atoms with Crippen molar-refractivity contribution in [2.45, 2.75) is 39.7 Å². The second kappa shape index (κ2) is 6.20. The Morgan fingerprint density at radius 2 is 2.21 bits per heavy atom. The van der Waals surface area contributed by atoms with E-state index in [1.54, 1.807) is 0 Å². The molecule has 1 fully saturated rings. The summed E-state index contributed by atoms with van der Waals surface area (Å²) in [7, 11) is 0. The number of nitrogens with zero attached hydrogens (tertiary/aromatic N) is 1. The van der Waals surface area contributed by atoms with Gasteiger partial charge in [-0.1, -0.05) is 23.8 Å². The van der Waals surface area contributed by atoms with Gasteiger partial charge in [-0.25, -0.2) is 0 Å². The maximum Gasteiger partial charge on any atom is 0.303 e. The van der Waals surface area contributed by atoms with Gasteiger partial charge in [-0.05, 0) is 50.3 Å². The first-order valence-electron chi connectivity index (χ1n) is 7.05. The van der Waals surface area contributed by atoms with Crippen molar-refractivity contribution in [3.8, 4) is 0 Å². The number of benzene rings is 1. The zero-order chi connectivity index (χ0) is 13.8. The summed E-state index contributed by atoms with van der Waals surface area (Å²) in [6.07, 6.45) is 2.47. The molecule has 1 aliphatic rings. The molecule has 0 saturated carbocycles. The molecular weight excluding hydrogens is 238 g/mol. The number of aryl methyl sites for hydroxylation is 2. The van der Waals surface area contributed by atoms with Crippen LogP contribution in [0.4, 0.5) is 0 Å². The number of carboxylic acids is 1. The molecule has 0 aromatic heterocycles. The molecule has 0 spiro atoms. The van der Waals surface area contributed by atoms with Crippen LogP contribution in [0.15, 0.2) is 18.2 Å². The van der Waals surface area contributed by atoms with E-state index in [1.165, 1.54) is 16.7 Å². The molecule has 0 radical (unpaired) electrons. The summed E-state index contributed by atoms with van der Waals surface area (Å²) in [6.45, 7) is 7.21. The lowest BCUT2D eigenvalue weighted by molar-refractivity contribution is -0.138. The Labute approximate surface area is 115 Å². The third kappa shape index (κ3) is 4.06. The normalized spacial score (nSPS) is 20.4. The Balaban J connectivity index is 1.98. The molecule has 1 aromatic rings. The molecule has 1 atom stereocenters. The monoisotopic (exact) mass is 261 g/mol.